The van der Waals surface area contributed by atoms with Gasteiger partial charge in [0.2, 0.25) is 5.91 Å². The first kappa shape index (κ1) is 16.4. The lowest BCUT2D eigenvalue weighted by molar-refractivity contribution is -0.115. The van der Waals surface area contributed by atoms with E-state index in [1.54, 1.807) is 17.8 Å². The topological polar surface area (TPSA) is 29.1 Å². The van der Waals surface area contributed by atoms with Crippen LogP contribution in [0.1, 0.15) is 12.5 Å². The Balaban J connectivity index is 1.89. The fraction of sp³-hybridized carbons (Fsp3) is 0.188. The Hall–Kier alpha value is -0.970. The zero-order valence-electron chi connectivity index (χ0n) is 11.5. The number of rotatable bonds is 5. The van der Waals surface area contributed by atoms with E-state index < -0.39 is 0 Å². The second kappa shape index (κ2) is 7.87. The maximum atomic E-state index is 12.1. The molecule has 0 saturated heterocycles. The first-order chi connectivity index (χ1) is 10.1. The summed E-state index contributed by atoms with van der Waals surface area (Å²) in [5.74, 6) is 0.797. The van der Waals surface area contributed by atoms with Crippen LogP contribution >= 0.6 is 39.3 Å². The molecule has 5 heteroatoms. The summed E-state index contributed by atoms with van der Waals surface area (Å²) < 4.78 is 0.814. The van der Waals surface area contributed by atoms with Crippen molar-refractivity contribution in [3.63, 3.8) is 0 Å². The van der Waals surface area contributed by atoms with Crippen molar-refractivity contribution in [2.45, 2.75) is 17.9 Å². The lowest BCUT2D eigenvalue weighted by Gasteiger charge is -2.12. The van der Waals surface area contributed by atoms with Crippen molar-refractivity contribution in [3.8, 4) is 0 Å². The van der Waals surface area contributed by atoms with Gasteiger partial charge >= 0.3 is 0 Å². The number of amides is 1. The Morgan fingerprint density at radius 3 is 2.67 bits per heavy atom. The van der Waals surface area contributed by atoms with Crippen molar-refractivity contribution < 1.29 is 4.79 Å². The van der Waals surface area contributed by atoms with Crippen molar-refractivity contribution in [2.24, 2.45) is 0 Å². The van der Waals surface area contributed by atoms with Crippen molar-refractivity contribution in [2.75, 3.05) is 5.32 Å². The van der Waals surface area contributed by atoms with E-state index in [4.69, 9.17) is 11.6 Å². The molecule has 2 rings (SSSR count). The summed E-state index contributed by atoms with van der Waals surface area (Å²) in [5.41, 5.74) is 1.93. The van der Waals surface area contributed by atoms with Gasteiger partial charge in [0.05, 0.1) is 10.3 Å². The van der Waals surface area contributed by atoms with E-state index in [9.17, 15) is 4.79 Å². The molecule has 0 aliphatic carbocycles. The third-order valence-electron chi connectivity index (χ3n) is 2.90. The molecule has 0 aliphatic heterocycles. The smallest absolute Gasteiger partial charge is 0.237 e. The highest BCUT2D eigenvalue weighted by molar-refractivity contribution is 9.10. The minimum Gasteiger partial charge on any atom is -0.325 e. The van der Waals surface area contributed by atoms with Crippen molar-refractivity contribution in [1.82, 2.24) is 0 Å². The molecule has 0 bridgehead atoms. The normalized spacial score (nSPS) is 12.0. The third kappa shape index (κ3) is 5.06. The first-order valence-electron chi connectivity index (χ1n) is 6.47. The molecule has 0 radical (unpaired) electrons. The molecule has 0 spiro atoms. The van der Waals surface area contributed by atoms with Crippen LogP contribution < -0.4 is 5.32 Å². The summed E-state index contributed by atoms with van der Waals surface area (Å²) in [4.78, 5) is 12.1. The van der Waals surface area contributed by atoms with E-state index in [0.29, 0.717) is 10.7 Å². The molecule has 2 aromatic rings. The second-order valence-electron chi connectivity index (χ2n) is 4.56. The summed E-state index contributed by atoms with van der Waals surface area (Å²) in [6, 6.07) is 15.5. The minimum absolute atomic E-state index is 0.0191. The molecule has 0 aromatic heterocycles. The van der Waals surface area contributed by atoms with Gasteiger partial charge in [-0.2, -0.15) is 0 Å². The third-order valence-corrected chi connectivity index (χ3v) is 5.35. The maximum Gasteiger partial charge on any atom is 0.237 e. The van der Waals surface area contributed by atoms with Crippen LogP contribution in [-0.2, 0) is 10.5 Å². The SMILES string of the molecule is C[C@@H](SCc1ccccc1)C(=O)Nc1ccc(Br)c(Cl)c1. The standard InChI is InChI=1S/C16H15BrClNOS/c1-11(21-10-12-5-3-2-4-6-12)16(20)19-13-7-8-14(17)15(18)9-13/h2-9,11H,10H2,1H3,(H,19,20)/t11-/m1/s1. The molecule has 0 saturated carbocycles. The van der Waals surface area contributed by atoms with Gasteiger partial charge < -0.3 is 5.32 Å². The highest BCUT2D eigenvalue weighted by Gasteiger charge is 2.14. The monoisotopic (exact) mass is 383 g/mol. The summed E-state index contributed by atoms with van der Waals surface area (Å²) in [6.07, 6.45) is 0. The van der Waals surface area contributed by atoms with Crippen LogP contribution in [0.25, 0.3) is 0 Å². The average molecular weight is 385 g/mol. The van der Waals surface area contributed by atoms with Crippen LogP contribution in [0.5, 0.6) is 0 Å². The lowest BCUT2D eigenvalue weighted by atomic mass is 10.2. The molecule has 2 nitrogen and oxygen atoms in total. The number of carbonyl (C=O) groups excluding carboxylic acids is 1. The molecule has 0 unspecified atom stereocenters. The highest BCUT2D eigenvalue weighted by Crippen LogP contribution is 2.26. The molecule has 0 heterocycles. The Labute approximate surface area is 142 Å². The van der Waals surface area contributed by atoms with Gasteiger partial charge in [0, 0.05) is 15.9 Å². The number of carbonyl (C=O) groups is 1. The van der Waals surface area contributed by atoms with E-state index in [1.165, 1.54) is 5.56 Å². The van der Waals surface area contributed by atoms with E-state index >= 15 is 0 Å². The van der Waals surface area contributed by atoms with Gasteiger partial charge in [-0.1, -0.05) is 41.9 Å². The van der Waals surface area contributed by atoms with Crippen LogP contribution in [0.2, 0.25) is 5.02 Å². The Morgan fingerprint density at radius 1 is 1.29 bits per heavy atom. The molecule has 1 atom stereocenters. The van der Waals surface area contributed by atoms with Gasteiger partial charge in [-0.05, 0) is 46.6 Å². The van der Waals surface area contributed by atoms with Gasteiger partial charge in [-0.25, -0.2) is 0 Å². The van der Waals surface area contributed by atoms with Gasteiger partial charge in [0.25, 0.3) is 0 Å². The summed E-state index contributed by atoms with van der Waals surface area (Å²) >= 11 is 11.0. The molecular formula is C16H15BrClNOS. The van der Waals surface area contributed by atoms with Crippen LogP contribution in [0, 0.1) is 0 Å². The summed E-state index contributed by atoms with van der Waals surface area (Å²) in [6.45, 7) is 1.91. The van der Waals surface area contributed by atoms with Gasteiger partial charge in [-0.3, -0.25) is 4.79 Å². The van der Waals surface area contributed by atoms with E-state index in [1.807, 2.05) is 37.3 Å². The van der Waals surface area contributed by atoms with Crippen molar-refractivity contribution in [3.05, 3.63) is 63.6 Å². The Morgan fingerprint density at radius 2 is 2.00 bits per heavy atom. The quantitative estimate of drug-likeness (QED) is 0.751. The average Bonchev–Trinajstić information content (AvgIpc) is 2.49. The van der Waals surface area contributed by atoms with Crippen molar-refractivity contribution >= 4 is 50.9 Å². The van der Waals surface area contributed by atoms with Crippen LogP contribution in [-0.4, -0.2) is 11.2 Å². The predicted molar refractivity (Wildman–Crippen MR) is 95.0 cm³/mol. The van der Waals surface area contributed by atoms with E-state index in [-0.39, 0.29) is 11.2 Å². The summed E-state index contributed by atoms with van der Waals surface area (Å²) in [7, 11) is 0. The molecule has 0 fully saturated rings. The molecule has 0 aliphatic rings. The molecule has 2 aromatic carbocycles. The number of benzene rings is 2. The molecule has 21 heavy (non-hydrogen) atoms. The van der Waals surface area contributed by atoms with Crippen LogP contribution in [0.3, 0.4) is 0 Å². The Bertz CT molecular complexity index is 621. The largest absolute Gasteiger partial charge is 0.325 e. The zero-order chi connectivity index (χ0) is 15.2. The zero-order valence-corrected chi connectivity index (χ0v) is 14.6. The number of anilines is 1. The first-order valence-corrected chi connectivity index (χ1v) is 8.69. The maximum absolute atomic E-state index is 12.1. The highest BCUT2D eigenvalue weighted by atomic mass is 79.9. The number of hydrogen-bond acceptors (Lipinski definition) is 2. The van der Waals surface area contributed by atoms with Crippen LogP contribution in [0.4, 0.5) is 5.69 Å². The van der Waals surface area contributed by atoms with Crippen LogP contribution in [0.15, 0.2) is 53.0 Å². The molecule has 1 amide bonds. The number of thioether (sulfide) groups is 1. The molecular weight excluding hydrogens is 370 g/mol. The number of nitrogens with one attached hydrogen (secondary N) is 1. The molecule has 110 valence electrons. The lowest BCUT2D eigenvalue weighted by Crippen LogP contribution is -2.22. The fourth-order valence-electron chi connectivity index (χ4n) is 1.69. The summed E-state index contributed by atoms with van der Waals surface area (Å²) in [5, 5.41) is 3.33. The van der Waals surface area contributed by atoms with E-state index in [2.05, 4.69) is 33.4 Å². The number of hydrogen-bond donors (Lipinski definition) is 1. The second-order valence-corrected chi connectivity index (χ2v) is 7.15. The van der Waals surface area contributed by atoms with Crippen molar-refractivity contribution in [1.29, 1.82) is 0 Å². The minimum atomic E-state index is -0.132. The van der Waals surface area contributed by atoms with Gasteiger partial charge in [0.1, 0.15) is 0 Å². The molecule has 1 N–H and O–H groups in total. The van der Waals surface area contributed by atoms with Gasteiger partial charge in [0.15, 0.2) is 0 Å². The van der Waals surface area contributed by atoms with Gasteiger partial charge in [-0.15, -0.1) is 11.8 Å². The predicted octanol–water partition coefficient (Wildman–Crippen LogP) is 5.36. The Kier molecular flexibility index (Phi) is 6.15. The number of halogens is 2. The van der Waals surface area contributed by atoms with E-state index in [0.717, 1.165) is 10.2 Å². The fourth-order valence-corrected chi connectivity index (χ4v) is 2.96.